The predicted octanol–water partition coefficient (Wildman–Crippen LogP) is 1.98. The minimum absolute atomic E-state index is 0.00604. The van der Waals surface area contributed by atoms with Crippen molar-refractivity contribution in [2.24, 2.45) is 5.73 Å². The predicted molar refractivity (Wildman–Crippen MR) is 92.3 cm³/mol. The first-order chi connectivity index (χ1) is 11.5. The van der Waals surface area contributed by atoms with Crippen LogP contribution in [0.5, 0.6) is 0 Å². The summed E-state index contributed by atoms with van der Waals surface area (Å²) in [5.41, 5.74) is 6.69. The van der Waals surface area contributed by atoms with Gasteiger partial charge in [0.2, 0.25) is 5.91 Å². The van der Waals surface area contributed by atoms with Gasteiger partial charge in [-0.3, -0.25) is 4.79 Å². The molecule has 0 saturated carbocycles. The van der Waals surface area contributed by atoms with E-state index in [1.807, 2.05) is 37.3 Å². The summed E-state index contributed by atoms with van der Waals surface area (Å²) >= 11 is 0. The third kappa shape index (κ3) is 4.71. The molecule has 0 radical (unpaired) electrons. The van der Waals surface area contributed by atoms with Crippen LogP contribution in [0.2, 0.25) is 0 Å². The largest absolute Gasteiger partial charge is 0.445 e. The first-order valence-electron chi connectivity index (χ1n) is 8.54. The lowest BCUT2D eigenvalue weighted by Gasteiger charge is -2.39. The van der Waals surface area contributed by atoms with Gasteiger partial charge in [-0.1, -0.05) is 30.3 Å². The van der Waals surface area contributed by atoms with Gasteiger partial charge in [-0.05, 0) is 32.3 Å². The Hall–Kier alpha value is -2.08. The lowest BCUT2D eigenvalue weighted by molar-refractivity contribution is -0.135. The van der Waals surface area contributed by atoms with Crippen LogP contribution in [0.3, 0.4) is 0 Å². The molecule has 2 N–H and O–H groups in total. The zero-order chi connectivity index (χ0) is 17.5. The average molecular weight is 333 g/mol. The van der Waals surface area contributed by atoms with Crippen LogP contribution < -0.4 is 5.73 Å². The number of rotatable bonds is 5. The summed E-state index contributed by atoms with van der Waals surface area (Å²) in [5, 5.41) is 0. The number of likely N-dealkylation sites (tertiary alicyclic amines) is 1. The first-order valence-corrected chi connectivity index (χ1v) is 8.54. The van der Waals surface area contributed by atoms with E-state index in [0.29, 0.717) is 19.6 Å². The number of carbonyl (C=O) groups excluding carboxylic acids is 2. The SMILES string of the molecule is CCN(C(=O)[C@H](C)N)C1CCCN(C(=O)OCc2ccccc2)C1. The molecule has 6 nitrogen and oxygen atoms in total. The van der Waals surface area contributed by atoms with Crippen molar-refractivity contribution < 1.29 is 14.3 Å². The topological polar surface area (TPSA) is 75.9 Å². The van der Waals surface area contributed by atoms with E-state index in [2.05, 4.69) is 0 Å². The van der Waals surface area contributed by atoms with Crippen molar-refractivity contribution >= 4 is 12.0 Å². The number of amides is 2. The fraction of sp³-hybridized carbons (Fsp3) is 0.556. The normalized spacial score (nSPS) is 18.8. The van der Waals surface area contributed by atoms with E-state index in [9.17, 15) is 9.59 Å². The van der Waals surface area contributed by atoms with Gasteiger partial charge in [-0.2, -0.15) is 0 Å². The summed E-state index contributed by atoms with van der Waals surface area (Å²) in [4.78, 5) is 28.0. The molecule has 1 aromatic rings. The van der Waals surface area contributed by atoms with Crippen molar-refractivity contribution in [2.75, 3.05) is 19.6 Å². The van der Waals surface area contributed by atoms with E-state index < -0.39 is 6.04 Å². The second-order valence-corrected chi connectivity index (χ2v) is 6.20. The molecule has 1 aliphatic heterocycles. The first kappa shape index (κ1) is 18.3. The van der Waals surface area contributed by atoms with E-state index in [-0.39, 0.29) is 24.6 Å². The number of nitrogens with zero attached hydrogens (tertiary/aromatic N) is 2. The molecule has 1 aliphatic rings. The molecule has 1 fully saturated rings. The molecule has 0 aromatic heterocycles. The molecule has 1 aromatic carbocycles. The molecule has 1 unspecified atom stereocenters. The number of benzene rings is 1. The Labute approximate surface area is 143 Å². The maximum atomic E-state index is 12.3. The number of carbonyl (C=O) groups is 2. The summed E-state index contributed by atoms with van der Waals surface area (Å²) in [6.45, 7) is 5.65. The van der Waals surface area contributed by atoms with E-state index in [0.717, 1.165) is 18.4 Å². The van der Waals surface area contributed by atoms with E-state index >= 15 is 0 Å². The monoisotopic (exact) mass is 333 g/mol. The highest BCUT2D eigenvalue weighted by atomic mass is 16.6. The molecule has 1 saturated heterocycles. The highest BCUT2D eigenvalue weighted by Gasteiger charge is 2.31. The molecule has 2 amide bonds. The Morgan fingerprint density at radius 1 is 1.38 bits per heavy atom. The van der Waals surface area contributed by atoms with Crippen LogP contribution in [-0.4, -0.2) is 53.5 Å². The number of ether oxygens (including phenoxy) is 1. The molecule has 1 heterocycles. The second-order valence-electron chi connectivity index (χ2n) is 6.20. The van der Waals surface area contributed by atoms with Gasteiger partial charge in [-0.15, -0.1) is 0 Å². The zero-order valence-electron chi connectivity index (χ0n) is 14.5. The summed E-state index contributed by atoms with van der Waals surface area (Å²) in [6, 6.07) is 9.09. The molecule has 0 aliphatic carbocycles. The minimum Gasteiger partial charge on any atom is -0.445 e. The molecule has 0 bridgehead atoms. The van der Waals surface area contributed by atoms with Crippen molar-refractivity contribution in [3.05, 3.63) is 35.9 Å². The summed E-state index contributed by atoms with van der Waals surface area (Å²) in [7, 11) is 0. The number of hydrogen-bond acceptors (Lipinski definition) is 4. The molecule has 132 valence electrons. The minimum atomic E-state index is -0.523. The Balaban J connectivity index is 1.91. The third-order valence-electron chi connectivity index (χ3n) is 4.31. The van der Waals surface area contributed by atoms with Gasteiger partial charge in [0.1, 0.15) is 6.61 Å². The highest BCUT2D eigenvalue weighted by molar-refractivity contribution is 5.81. The van der Waals surface area contributed by atoms with Crippen LogP contribution in [0.4, 0.5) is 4.79 Å². The standard InChI is InChI=1S/C18H27N3O3/c1-3-21(17(22)14(2)19)16-10-7-11-20(12-16)18(23)24-13-15-8-5-4-6-9-15/h4-6,8-9,14,16H,3,7,10-13,19H2,1-2H3/t14-,16?/m0/s1. The van der Waals surface area contributed by atoms with Crippen molar-refractivity contribution in [2.45, 2.75) is 45.4 Å². The fourth-order valence-electron chi connectivity index (χ4n) is 3.04. The molecule has 2 atom stereocenters. The van der Waals surface area contributed by atoms with Gasteiger partial charge in [0.05, 0.1) is 6.04 Å². The van der Waals surface area contributed by atoms with Crippen molar-refractivity contribution in [1.29, 1.82) is 0 Å². The average Bonchev–Trinajstić information content (AvgIpc) is 2.61. The number of piperidine rings is 1. The number of nitrogens with two attached hydrogens (primary N) is 1. The molecule has 2 rings (SSSR count). The smallest absolute Gasteiger partial charge is 0.410 e. The van der Waals surface area contributed by atoms with Gasteiger partial charge < -0.3 is 20.3 Å². The Bertz CT molecular complexity index is 548. The summed E-state index contributed by atoms with van der Waals surface area (Å²) in [6.07, 6.45) is 1.41. The second kappa shape index (κ2) is 8.68. The van der Waals surface area contributed by atoms with E-state index in [1.54, 1.807) is 16.7 Å². The zero-order valence-corrected chi connectivity index (χ0v) is 14.5. The maximum Gasteiger partial charge on any atom is 0.410 e. The quantitative estimate of drug-likeness (QED) is 0.894. The Kier molecular flexibility index (Phi) is 6.61. The van der Waals surface area contributed by atoms with Crippen LogP contribution in [0.1, 0.15) is 32.3 Å². The van der Waals surface area contributed by atoms with Gasteiger partial charge in [0, 0.05) is 25.7 Å². The molecule has 6 heteroatoms. The fourth-order valence-corrected chi connectivity index (χ4v) is 3.04. The highest BCUT2D eigenvalue weighted by Crippen LogP contribution is 2.18. The van der Waals surface area contributed by atoms with Crippen LogP contribution in [0, 0.1) is 0 Å². The van der Waals surface area contributed by atoms with Crippen LogP contribution in [0.15, 0.2) is 30.3 Å². The Morgan fingerprint density at radius 2 is 2.08 bits per heavy atom. The maximum absolute atomic E-state index is 12.3. The summed E-state index contributed by atoms with van der Waals surface area (Å²) < 4.78 is 5.40. The number of hydrogen-bond donors (Lipinski definition) is 1. The summed E-state index contributed by atoms with van der Waals surface area (Å²) in [5.74, 6) is -0.0676. The number of likely N-dealkylation sites (N-methyl/N-ethyl adjacent to an activating group) is 1. The lowest BCUT2D eigenvalue weighted by atomic mass is 10.0. The van der Waals surface area contributed by atoms with Crippen LogP contribution in [0.25, 0.3) is 0 Å². The van der Waals surface area contributed by atoms with Gasteiger partial charge >= 0.3 is 6.09 Å². The Morgan fingerprint density at radius 3 is 2.71 bits per heavy atom. The molecule has 0 spiro atoms. The van der Waals surface area contributed by atoms with Crippen molar-refractivity contribution in [3.63, 3.8) is 0 Å². The van der Waals surface area contributed by atoms with Crippen LogP contribution in [-0.2, 0) is 16.1 Å². The molecular formula is C18H27N3O3. The van der Waals surface area contributed by atoms with Gasteiger partial charge in [0.25, 0.3) is 0 Å². The third-order valence-corrected chi connectivity index (χ3v) is 4.31. The van der Waals surface area contributed by atoms with Crippen molar-refractivity contribution in [1.82, 2.24) is 9.80 Å². The molecule has 24 heavy (non-hydrogen) atoms. The van der Waals surface area contributed by atoms with Gasteiger partial charge in [-0.25, -0.2) is 4.79 Å². The lowest BCUT2D eigenvalue weighted by Crippen LogP contribution is -2.54. The van der Waals surface area contributed by atoms with E-state index in [1.165, 1.54) is 0 Å². The van der Waals surface area contributed by atoms with Crippen LogP contribution >= 0.6 is 0 Å². The van der Waals surface area contributed by atoms with E-state index in [4.69, 9.17) is 10.5 Å². The van der Waals surface area contributed by atoms with Gasteiger partial charge in [0.15, 0.2) is 0 Å². The van der Waals surface area contributed by atoms with Crippen molar-refractivity contribution in [3.8, 4) is 0 Å². The molecular weight excluding hydrogens is 306 g/mol.